The van der Waals surface area contributed by atoms with Gasteiger partial charge in [0.1, 0.15) is 0 Å². The first kappa shape index (κ1) is 13.9. The molecular weight excluding hydrogens is 278 g/mol. The lowest BCUT2D eigenvalue weighted by Gasteiger charge is -2.09. The maximum absolute atomic E-state index is 12.8. The number of carbonyl (C=O) groups is 2. The lowest BCUT2D eigenvalue weighted by atomic mass is 9.98. The van der Waals surface area contributed by atoms with Gasteiger partial charge < -0.3 is 0 Å². The molecule has 2 aromatic carbocycles. The van der Waals surface area contributed by atoms with Crippen LogP contribution in [0.2, 0.25) is 0 Å². The normalized spacial score (nSPS) is 10.4. The lowest BCUT2D eigenvalue weighted by Crippen LogP contribution is -2.11. The largest absolute Gasteiger partial charge is 0.295 e. The fourth-order valence-electron chi connectivity index (χ4n) is 2.20. The van der Waals surface area contributed by atoms with Crippen molar-refractivity contribution in [1.82, 2.24) is 15.0 Å². The van der Waals surface area contributed by atoms with E-state index < -0.39 is 0 Å². The number of Topliss-reactive ketones (excluding diaryl/α,β-unsaturated/α-hetero) is 1. The van der Waals surface area contributed by atoms with E-state index in [1.54, 1.807) is 42.5 Å². The van der Waals surface area contributed by atoms with Crippen molar-refractivity contribution < 1.29 is 9.59 Å². The third-order valence-electron chi connectivity index (χ3n) is 3.32. The topological polar surface area (TPSA) is 64.8 Å². The molecule has 0 saturated carbocycles. The predicted molar refractivity (Wildman–Crippen MR) is 81.2 cm³/mol. The van der Waals surface area contributed by atoms with Crippen molar-refractivity contribution in [3.05, 3.63) is 77.6 Å². The van der Waals surface area contributed by atoms with Gasteiger partial charge in [-0.3, -0.25) is 9.59 Å². The monoisotopic (exact) mass is 291 g/mol. The SMILES string of the molecule is CC(=O)c1ccc(-n2nccn2)c(C(=O)c2ccccc2)c1. The molecule has 3 aromatic rings. The van der Waals surface area contributed by atoms with Crippen molar-refractivity contribution in [3.63, 3.8) is 0 Å². The van der Waals surface area contributed by atoms with E-state index in [1.165, 1.54) is 24.1 Å². The molecule has 0 aliphatic rings. The minimum atomic E-state index is -0.170. The van der Waals surface area contributed by atoms with Crippen molar-refractivity contribution in [2.75, 3.05) is 0 Å². The van der Waals surface area contributed by atoms with Gasteiger partial charge in [0.25, 0.3) is 0 Å². The molecule has 3 rings (SSSR count). The first-order chi connectivity index (χ1) is 10.7. The summed E-state index contributed by atoms with van der Waals surface area (Å²) < 4.78 is 0. The van der Waals surface area contributed by atoms with E-state index in [-0.39, 0.29) is 11.6 Å². The molecule has 0 aliphatic carbocycles. The molecule has 0 unspecified atom stereocenters. The zero-order chi connectivity index (χ0) is 15.5. The van der Waals surface area contributed by atoms with Gasteiger partial charge in [0.05, 0.1) is 23.6 Å². The molecular formula is C17H13N3O2. The second-order valence-electron chi connectivity index (χ2n) is 4.80. The number of nitrogens with zero attached hydrogens (tertiary/aromatic N) is 3. The summed E-state index contributed by atoms with van der Waals surface area (Å²) in [5.74, 6) is -0.266. The molecule has 5 nitrogen and oxygen atoms in total. The summed E-state index contributed by atoms with van der Waals surface area (Å²) in [5.41, 5.74) is 1.98. The average Bonchev–Trinajstić information content (AvgIpc) is 3.08. The molecule has 1 heterocycles. The van der Waals surface area contributed by atoms with E-state index in [1.807, 2.05) is 6.07 Å². The van der Waals surface area contributed by atoms with Crippen LogP contribution in [0, 0.1) is 0 Å². The zero-order valence-electron chi connectivity index (χ0n) is 11.9. The van der Waals surface area contributed by atoms with E-state index in [9.17, 15) is 9.59 Å². The summed E-state index contributed by atoms with van der Waals surface area (Å²) in [6.07, 6.45) is 3.07. The van der Waals surface area contributed by atoms with Crippen LogP contribution in [0.15, 0.2) is 60.9 Å². The van der Waals surface area contributed by atoms with E-state index in [0.29, 0.717) is 22.4 Å². The number of hydrogen-bond donors (Lipinski definition) is 0. The summed E-state index contributed by atoms with van der Waals surface area (Å²) in [6.45, 7) is 1.47. The smallest absolute Gasteiger partial charge is 0.195 e. The van der Waals surface area contributed by atoms with Crippen LogP contribution in [-0.4, -0.2) is 26.6 Å². The van der Waals surface area contributed by atoms with Crippen molar-refractivity contribution in [2.24, 2.45) is 0 Å². The number of carbonyl (C=O) groups excluding carboxylic acids is 2. The fraction of sp³-hybridized carbons (Fsp3) is 0.0588. The number of rotatable bonds is 4. The Morgan fingerprint density at radius 3 is 2.23 bits per heavy atom. The van der Waals surface area contributed by atoms with E-state index in [2.05, 4.69) is 10.2 Å². The number of hydrogen-bond acceptors (Lipinski definition) is 4. The molecule has 0 bridgehead atoms. The molecule has 0 spiro atoms. The molecule has 108 valence electrons. The van der Waals surface area contributed by atoms with Gasteiger partial charge in [-0.15, -0.1) is 0 Å². The Balaban J connectivity index is 2.17. The number of aromatic nitrogens is 3. The molecule has 0 N–H and O–H groups in total. The lowest BCUT2D eigenvalue weighted by molar-refractivity contribution is 0.101. The second kappa shape index (κ2) is 5.73. The van der Waals surface area contributed by atoms with Crippen LogP contribution in [-0.2, 0) is 0 Å². The Hall–Kier alpha value is -3.08. The molecule has 5 heteroatoms. The highest BCUT2D eigenvalue weighted by Crippen LogP contribution is 2.19. The third kappa shape index (κ3) is 2.56. The fourth-order valence-corrected chi connectivity index (χ4v) is 2.20. The minimum Gasteiger partial charge on any atom is -0.295 e. The Morgan fingerprint density at radius 2 is 1.59 bits per heavy atom. The second-order valence-corrected chi connectivity index (χ2v) is 4.80. The van der Waals surface area contributed by atoms with Crippen molar-refractivity contribution in [3.8, 4) is 5.69 Å². The van der Waals surface area contributed by atoms with Gasteiger partial charge in [0, 0.05) is 11.1 Å². The Kier molecular flexibility index (Phi) is 3.62. The zero-order valence-corrected chi connectivity index (χ0v) is 11.9. The van der Waals surface area contributed by atoms with Crippen LogP contribution in [0.3, 0.4) is 0 Å². The highest BCUT2D eigenvalue weighted by molar-refractivity contribution is 6.12. The summed E-state index contributed by atoms with van der Waals surface area (Å²) in [7, 11) is 0. The van der Waals surface area contributed by atoms with Gasteiger partial charge >= 0.3 is 0 Å². The van der Waals surface area contributed by atoms with E-state index in [4.69, 9.17) is 0 Å². The van der Waals surface area contributed by atoms with Crippen LogP contribution in [0.1, 0.15) is 33.2 Å². The van der Waals surface area contributed by atoms with Crippen LogP contribution < -0.4 is 0 Å². The highest BCUT2D eigenvalue weighted by atomic mass is 16.1. The minimum absolute atomic E-state index is 0.0953. The molecule has 0 saturated heterocycles. The van der Waals surface area contributed by atoms with Crippen LogP contribution in [0.4, 0.5) is 0 Å². The van der Waals surface area contributed by atoms with Crippen molar-refractivity contribution in [2.45, 2.75) is 6.92 Å². The van der Waals surface area contributed by atoms with Gasteiger partial charge in [-0.25, -0.2) is 0 Å². The van der Waals surface area contributed by atoms with Crippen LogP contribution in [0.25, 0.3) is 5.69 Å². The van der Waals surface area contributed by atoms with Gasteiger partial charge in [0.15, 0.2) is 11.6 Å². The van der Waals surface area contributed by atoms with Crippen molar-refractivity contribution >= 4 is 11.6 Å². The first-order valence-electron chi connectivity index (χ1n) is 6.78. The van der Waals surface area contributed by atoms with E-state index in [0.717, 1.165) is 0 Å². The molecule has 0 fully saturated rings. The van der Waals surface area contributed by atoms with Crippen LogP contribution in [0.5, 0.6) is 0 Å². The van der Waals surface area contributed by atoms with E-state index >= 15 is 0 Å². The number of ketones is 2. The maximum Gasteiger partial charge on any atom is 0.195 e. The summed E-state index contributed by atoms with van der Waals surface area (Å²) in [5, 5.41) is 8.13. The Bertz CT molecular complexity index is 824. The standard InChI is InChI=1S/C17H13N3O2/c1-12(21)14-7-8-16(20-18-9-10-19-20)15(11-14)17(22)13-5-3-2-4-6-13/h2-11H,1H3. The molecule has 0 amide bonds. The summed E-state index contributed by atoms with van der Waals surface area (Å²) in [4.78, 5) is 25.7. The summed E-state index contributed by atoms with van der Waals surface area (Å²) in [6, 6.07) is 13.9. The van der Waals surface area contributed by atoms with Crippen LogP contribution >= 0.6 is 0 Å². The molecule has 0 atom stereocenters. The average molecular weight is 291 g/mol. The Labute approximate surface area is 127 Å². The predicted octanol–water partition coefficient (Wildman–Crippen LogP) is 2.70. The third-order valence-corrected chi connectivity index (χ3v) is 3.32. The maximum atomic E-state index is 12.8. The van der Waals surface area contributed by atoms with Gasteiger partial charge in [-0.2, -0.15) is 15.0 Å². The summed E-state index contributed by atoms with van der Waals surface area (Å²) >= 11 is 0. The Morgan fingerprint density at radius 1 is 0.909 bits per heavy atom. The first-order valence-corrected chi connectivity index (χ1v) is 6.78. The molecule has 0 radical (unpaired) electrons. The van der Waals surface area contributed by atoms with Gasteiger partial charge in [-0.05, 0) is 25.1 Å². The molecule has 1 aromatic heterocycles. The molecule has 22 heavy (non-hydrogen) atoms. The van der Waals surface area contributed by atoms with Gasteiger partial charge in [0.2, 0.25) is 0 Å². The molecule has 0 aliphatic heterocycles. The number of benzene rings is 2. The van der Waals surface area contributed by atoms with Crippen molar-refractivity contribution in [1.29, 1.82) is 0 Å². The quantitative estimate of drug-likeness (QED) is 0.693. The van der Waals surface area contributed by atoms with Gasteiger partial charge in [-0.1, -0.05) is 30.3 Å². The highest BCUT2D eigenvalue weighted by Gasteiger charge is 2.17.